The van der Waals surface area contributed by atoms with E-state index >= 15 is 0 Å². The van der Waals surface area contributed by atoms with Crippen LogP contribution in [0.25, 0.3) is 0 Å². The topological polar surface area (TPSA) is 103 Å². The number of nitrogens with zero attached hydrogens (tertiary/aromatic N) is 4. The maximum Gasteiger partial charge on any atom is 0.252 e. The fraction of sp³-hybridized carbons (Fsp3) is 0.280. The highest BCUT2D eigenvalue weighted by Gasteiger charge is 2.22. The van der Waals surface area contributed by atoms with Crippen molar-refractivity contribution in [1.29, 1.82) is 0 Å². The molecular formula is C25H27N5O3S. The van der Waals surface area contributed by atoms with Crippen LogP contribution in [0.4, 0.5) is 0 Å². The van der Waals surface area contributed by atoms with E-state index in [4.69, 9.17) is 10.5 Å². The van der Waals surface area contributed by atoms with Crippen molar-refractivity contribution in [1.82, 2.24) is 14.8 Å². The van der Waals surface area contributed by atoms with Gasteiger partial charge in [-0.15, -0.1) is 0 Å². The molecule has 2 amide bonds. The molecule has 2 N–H and O–H groups in total. The van der Waals surface area contributed by atoms with Crippen molar-refractivity contribution >= 4 is 30.3 Å². The average Bonchev–Trinajstić information content (AvgIpc) is 3.29. The molecule has 9 heteroatoms. The third-order valence-electron chi connectivity index (χ3n) is 5.53. The summed E-state index contributed by atoms with van der Waals surface area (Å²) in [6.45, 7) is 2.66. The van der Waals surface area contributed by atoms with Gasteiger partial charge in [-0.3, -0.25) is 9.59 Å². The zero-order chi connectivity index (χ0) is 23.9. The number of hydrogen-bond acceptors (Lipinski definition) is 6. The summed E-state index contributed by atoms with van der Waals surface area (Å²) in [6.07, 6.45) is 6.45. The van der Waals surface area contributed by atoms with Crippen LogP contribution in [0.5, 0.6) is 0 Å². The largest absolute Gasteiger partial charge is 0.365 e. The van der Waals surface area contributed by atoms with Gasteiger partial charge in [0.05, 0.1) is 24.0 Å². The van der Waals surface area contributed by atoms with Gasteiger partial charge in [-0.1, -0.05) is 36.0 Å². The first-order valence-electron chi connectivity index (χ1n) is 11.1. The van der Waals surface area contributed by atoms with Crippen LogP contribution in [0.1, 0.15) is 52.7 Å². The zero-order valence-electron chi connectivity index (χ0n) is 19.0. The van der Waals surface area contributed by atoms with Crippen molar-refractivity contribution in [2.45, 2.75) is 48.7 Å². The summed E-state index contributed by atoms with van der Waals surface area (Å²) in [5.41, 5.74) is 8.13. The van der Waals surface area contributed by atoms with Crippen LogP contribution in [0, 0.1) is 6.92 Å². The summed E-state index contributed by atoms with van der Waals surface area (Å²) < 4.78 is 7.37. The summed E-state index contributed by atoms with van der Waals surface area (Å²) in [7, 11) is 0. The number of hydrazone groups is 1. The van der Waals surface area contributed by atoms with Gasteiger partial charge in [0, 0.05) is 22.6 Å². The lowest BCUT2D eigenvalue weighted by atomic mass is 10.1. The molecule has 0 radical (unpaired) electrons. The molecule has 34 heavy (non-hydrogen) atoms. The van der Waals surface area contributed by atoms with Gasteiger partial charge in [-0.05, 0) is 61.6 Å². The lowest BCUT2D eigenvalue weighted by Crippen LogP contribution is -2.20. The number of aromatic nitrogens is 2. The Morgan fingerprint density at radius 3 is 2.79 bits per heavy atom. The van der Waals surface area contributed by atoms with E-state index in [0.717, 1.165) is 40.2 Å². The minimum atomic E-state index is -0.603. The molecule has 1 fully saturated rings. The number of amides is 2. The van der Waals surface area contributed by atoms with Crippen LogP contribution >= 0.6 is 11.8 Å². The number of aryl methyl sites for hydroxylation is 1. The number of benzene rings is 2. The first-order chi connectivity index (χ1) is 16.5. The van der Waals surface area contributed by atoms with E-state index in [0.29, 0.717) is 18.7 Å². The SMILES string of the molecule is Cc1ccc(Sc2ccccc2)cc1/C=N\N(C=O)Cc1nn(C2CCCCO2)cc1C(N)=O. The van der Waals surface area contributed by atoms with Gasteiger partial charge in [0.2, 0.25) is 6.41 Å². The van der Waals surface area contributed by atoms with Crippen LogP contribution in [0.15, 0.2) is 69.6 Å². The minimum Gasteiger partial charge on any atom is -0.365 e. The Kier molecular flexibility index (Phi) is 7.76. The van der Waals surface area contributed by atoms with Gasteiger partial charge < -0.3 is 10.5 Å². The van der Waals surface area contributed by atoms with Crippen molar-refractivity contribution in [3.05, 3.63) is 77.1 Å². The zero-order valence-corrected chi connectivity index (χ0v) is 19.8. The summed E-state index contributed by atoms with van der Waals surface area (Å²) in [5.74, 6) is -0.603. The first kappa shape index (κ1) is 23.7. The normalized spacial score (nSPS) is 16.0. The molecule has 0 saturated carbocycles. The Morgan fingerprint density at radius 2 is 2.09 bits per heavy atom. The average molecular weight is 478 g/mol. The van der Waals surface area contributed by atoms with E-state index in [1.54, 1.807) is 28.9 Å². The highest BCUT2D eigenvalue weighted by atomic mass is 32.2. The molecule has 0 spiro atoms. The third-order valence-corrected chi connectivity index (χ3v) is 6.53. The standard InChI is InChI=1S/C25H27N5O3S/c1-18-10-11-21(34-20-7-3-2-4-8-20)13-19(18)14-27-29(17-31)16-23-22(25(26)32)15-30(28-23)24-9-5-6-12-33-24/h2-4,7-8,10-11,13-15,17,24H,5-6,9,12,16H2,1H3,(H2,26,32)/b27-14-. The predicted octanol–water partition coefficient (Wildman–Crippen LogP) is 4.13. The molecule has 2 aromatic carbocycles. The first-order valence-corrected chi connectivity index (χ1v) is 11.9. The van der Waals surface area contributed by atoms with Crippen molar-refractivity contribution < 1.29 is 14.3 Å². The van der Waals surface area contributed by atoms with E-state index in [-0.39, 0.29) is 18.3 Å². The fourth-order valence-corrected chi connectivity index (χ4v) is 4.56. The molecular weight excluding hydrogens is 450 g/mol. The van der Waals surface area contributed by atoms with Crippen LogP contribution in [0.3, 0.4) is 0 Å². The molecule has 1 saturated heterocycles. The van der Waals surface area contributed by atoms with Gasteiger partial charge in [0.25, 0.3) is 5.91 Å². The number of carbonyl (C=O) groups is 2. The molecule has 176 valence electrons. The van der Waals surface area contributed by atoms with E-state index in [1.807, 2.05) is 37.3 Å². The number of hydrogen-bond donors (Lipinski definition) is 1. The molecule has 1 aliphatic rings. The predicted molar refractivity (Wildman–Crippen MR) is 131 cm³/mol. The van der Waals surface area contributed by atoms with E-state index in [1.165, 1.54) is 5.01 Å². The number of primary amides is 1. The molecule has 1 aromatic heterocycles. The third kappa shape index (κ3) is 5.92. The Hall–Kier alpha value is -3.43. The molecule has 3 aromatic rings. The van der Waals surface area contributed by atoms with Crippen molar-refractivity contribution in [3.8, 4) is 0 Å². The van der Waals surface area contributed by atoms with E-state index in [9.17, 15) is 9.59 Å². The molecule has 1 atom stereocenters. The Morgan fingerprint density at radius 1 is 1.26 bits per heavy atom. The molecule has 1 aliphatic heterocycles. The highest BCUT2D eigenvalue weighted by Crippen LogP contribution is 2.28. The minimum absolute atomic E-state index is 0.0233. The maximum absolute atomic E-state index is 12.0. The van der Waals surface area contributed by atoms with E-state index < -0.39 is 5.91 Å². The Bertz CT molecular complexity index is 1170. The molecule has 4 rings (SSSR count). The van der Waals surface area contributed by atoms with Gasteiger partial charge >= 0.3 is 0 Å². The van der Waals surface area contributed by atoms with E-state index in [2.05, 4.69) is 28.4 Å². The Balaban J connectivity index is 1.51. The summed E-state index contributed by atoms with van der Waals surface area (Å²) >= 11 is 1.65. The van der Waals surface area contributed by atoms with Crippen molar-refractivity contribution in [2.24, 2.45) is 10.8 Å². The second-order valence-electron chi connectivity index (χ2n) is 8.04. The highest BCUT2D eigenvalue weighted by molar-refractivity contribution is 7.99. The molecule has 1 unspecified atom stereocenters. The number of ether oxygens (including phenoxy) is 1. The Labute approximate surface area is 202 Å². The van der Waals surface area contributed by atoms with Gasteiger partial charge in [-0.2, -0.15) is 10.2 Å². The van der Waals surface area contributed by atoms with Crippen molar-refractivity contribution in [3.63, 3.8) is 0 Å². The lowest BCUT2D eigenvalue weighted by Gasteiger charge is -2.22. The van der Waals surface area contributed by atoms with Gasteiger partial charge in [-0.25, -0.2) is 9.69 Å². The quantitative estimate of drug-likeness (QED) is 0.284. The molecule has 0 bridgehead atoms. The lowest BCUT2D eigenvalue weighted by molar-refractivity contribution is -0.118. The summed E-state index contributed by atoms with van der Waals surface area (Å²) in [6, 6.07) is 16.2. The van der Waals surface area contributed by atoms with Gasteiger partial charge in [0.1, 0.15) is 6.23 Å². The fourth-order valence-electron chi connectivity index (χ4n) is 3.67. The van der Waals surface area contributed by atoms with Gasteiger partial charge in [0.15, 0.2) is 0 Å². The second-order valence-corrected chi connectivity index (χ2v) is 9.18. The smallest absolute Gasteiger partial charge is 0.252 e. The van der Waals surface area contributed by atoms with Crippen LogP contribution < -0.4 is 5.73 Å². The molecule has 2 heterocycles. The van der Waals surface area contributed by atoms with Crippen LogP contribution in [-0.4, -0.2) is 39.9 Å². The van der Waals surface area contributed by atoms with Crippen LogP contribution in [0.2, 0.25) is 0 Å². The summed E-state index contributed by atoms with van der Waals surface area (Å²) in [5, 5.41) is 10.0. The maximum atomic E-state index is 12.0. The monoisotopic (exact) mass is 477 g/mol. The number of carbonyl (C=O) groups excluding carboxylic acids is 2. The van der Waals surface area contributed by atoms with Crippen molar-refractivity contribution in [2.75, 3.05) is 6.61 Å². The molecule has 8 nitrogen and oxygen atoms in total. The van der Waals surface area contributed by atoms with Crippen LogP contribution in [-0.2, 0) is 16.1 Å². The second kappa shape index (κ2) is 11.1. The molecule has 0 aliphatic carbocycles. The number of nitrogens with two attached hydrogens (primary N) is 1. The number of rotatable bonds is 9. The summed E-state index contributed by atoms with van der Waals surface area (Å²) in [4.78, 5) is 25.9.